The first-order valence-corrected chi connectivity index (χ1v) is 4.49. The molecule has 0 spiro atoms. The van der Waals surface area contributed by atoms with Crippen LogP contribution in [0.4, 0.5) is 0 Å². The van der Waals surface area contributed by atoms with Gasteiger partial charge in [0.15, 0.2) is 0 Å². The molecule has 0 aromatic heterocycles. The van der Waals surface area contributed by atoms with E-state index in [-0.39, 0.29) is 0 Å². The predicted molar refractivity (Wildman–Crippen MR) is 48.5 cm³/mol. The molecule has 0 aliphatic carbocycles. The van der Waals surface area contributed by atoms with Gasteiger partial charge >= 0.3 is 0 Å². The monoisotopic (exact) mass is 155 g/mol. The lowest BCUT2D eigenvalue weighted by Gasteiger charge is -2.36. The van der Waals surface area contributed by atoms with Crippen molar-refractivity contribution in [3.05, 3.63) is 6.92 Å². The summed E-state index contributed by atoms with van der Waals surface area (Å²) < 4.78 is 0. The lowest BCUT2D eigenvalue weighted by atomic mass is 10.2. The third kappa shape index (κ3) is 2.46. The van der Waals surface area contributed by atoms with Crippen LogP contribution in [-0.4, -0.2) is 48.6 Å². The molecule has 0 N–H and O–H groups in total. The maximum absolute atomic E-state index is 3.89. The van der Waals surface area contributed by atoms with Gasteiger partial charge in [0.2, 0.25) is 0 Å². The van der Waals surface area contributed by atoms with Crippen LogP contribution in [0.15, 0.2) is 0 Å². The third-order valence-electron chi connectivity index (χ3n) is 2.45. The average molecular weight is 155 g/mol. The van der Waals surface area contributed by atoms with E-state index >= 15 is 0 Å². The zero-order chi connectivity index (χ0) is 8.27. The molecule has 1 heterocycles. The van der Waals surface area contributed by atoms with Crippen LogP contribution in [0.1, 0.15) is 13.8 Å². The highest BCUT2D eigenvalue weighted by atomic mass is 15.3. The number of rotatable bonds is 2. The minimum Gasteiger partial charge on any atom is -0.301 e. The van der Waals surface area contributed by atoms with E-state index < -0.39 is 0 Å². The molecule has 1 aliphatic rings. The van der Waals surface area contributed by atoms with Gasteiger partial charge in [-0.25, -0.2) is 0 Å². The van der Waals surface area contributed by atoms with Crippen molar-refractivity contribution < 1.29 is 0 Å². The molecule has 1 fully saturated rings. The quantitative estimate of drug-likeness (QED) is 0.583. The molecule has 2 nitrogen and oxygen atoms in total. The summed E-state index contributed by atoms with van der Waals surface area (Å²) in [7, 11) is 0. The van der Waals surface area contributed by atoms with Crippen molar-refractivity contribution >= 4 is 0 Å². The van der Waals surface area contributed by atoms with Crippen LogP contribution < -0.4 is 0 Å². The van der Waals surface area contributed by atoms with Gasteiger partial charge in [-0.3, -0.25) is 4.90 Å². The van der Waals surface area contributed by atoms with E-state index in [0.717, 1.165) is 6.54 Å². The lowest BCUT2D eigenvalue weighted by molar-refractivity contribution is 0.116. The molecule has 0 bridgehead atoms. The molecular formula is C9H19N2. The maximum Gasteiger partial charge on any atom is 0.0113 e. The van der Waals surface area contributed by atoms with Crippen LogP contribution in [0.3, 0.4) is 0 Å². The molecule has 1 rings (SSSR count). The van der Waals surface area contributed by atoms with Crippen molar-refractivity contribution in [2.24, 2.45) is 0 Å². The molecule has 1 aliphatic heterocycles. The van der Waals surface area contributed by atoms with E-state index in [1.807, 2.05) is 0 Å². The Hall–Kier alpha value is -0.0800. The van der Waals surface area contributed by atoms with Crippen molar-refractivity contribution in [1.29, 1.82) is 0 Å². The molecule has 2 heteroatoms. The molecule has 1 saturated heterocycles. The summed E-state index contributed by atoms with van der Waals surface area (Å²) in [6.07, 6.45) is 0. The topological polar surface area (TPSA) is 6.48 Å². The maximum atomic E-state index is 3.89. The number of piperazine rings is 1. The zero-order valence-electron chi connectivity index (χ0n) is 7.71. The summed E-state index contributed by atoms with van der Waals surface area (Å²) in [5, 5.41) is 0. The zero-order valence-corrected chi connectivity index (χ0v) is 7.71. The van der Waals surface area contributed by atoms with Gasteiger partial charge in [-0.1, -0.05) is 0 Å². The van der Waals surface area contributed by atoms with Gasteiger partial charge in [-0.15, -0.1) is 0 Å². The van der Waals surface area contributed by atoms with Crippen molar-refractivity contribution in [3.8, 4) is 0 Å². The Balaban J connectivity index is 2.24. The van der Waals surface area contributed by atoms with Crippen LogP contribution in [-0.2, 0) is 0 Å². The van der Waals surface area contributed by atoms with E-state index in [1.165, 1.54) is 26.2 Å². The average Bonchev–Trinajstić information content (AvgIpc) is 2.05. The second-order valence-corrected chi connectivity index (χ2v) is 3.47. The minimum atomic E-state index is 0.710. The fraction of sp³-hybridized carbons (Fsp3) is 0.889. The van der Waals surface area contributed by atoms with Gasteiger partial charge in [-0.2, -0.15) is 0 Å². The number of hydrogen-bond donors (Lipinski definition) is 0. The fourth-order valence-corrected chi connectivity index (χ4v) is 1.50. The Morgan fingerprint density at radius 1 is 1.18 bits per heavy atom. The predicted octanol–water partition coefficient (Wildman–Crippen LogP) is 0.846. The van der Waals surface area contributed by atoms with E-state index in [2.05, 4.69) is 30.6 Å². The molecule has 0 atom stereocenters. The highest BCUT2D eigenvalue weighted by molar-refractivity contribution is 4.74. The molecule has 1 radical (unpaired) electrons. The second kappa shape index (κ2) is 4.07. The van der Waals surface area contributed by atoms with Crippen LogP contribution in [0.2, 0.25) is 0 Å². The largest absolute Gasteiger partial charge is 0.301 e. The summed E-state index contributed by atoms with van der Waals surface area (Å²) in [6, 6.07) is 0.710. The summed E-state index contributed by atoms with van der Waals surface area (Å²) in [4.78, 5) is 4.92. The van der Waals surface area contributed by atoms with Gasteiger partial charge in [0, 0.05) is 32.2 Å². The molecule has 65 valence electrons. The molecule has 11 heavy (non-hydrogen) atoms. The van der Waals surface area contributed by atoms with Crippen LogP contribution in [0, 0.1) is 6.92 Å². The first-order chi connectivity index (χ1) is 5.24. The Labute approximate surface area is 70.2 Å². The van der Waals surface area contributed by atoms with E-state index in [9.17, 15) is 0 Å². The Morgan fingerprint density at radius 2 is 1.73 bits per heavy atom. The van der Waals surface area contributed by atoms with Gasteiger partial charge in [0.1, 0.15) is 0 Å². The Morgan fingerprint density at radius 3 is 2.09 bits per heavy atom. The van der Waals surface area contributed by atoms with E-state index in [4.69, 9.17) is 0 Å². The molecular weight excluding hydrogens is 136 g/mol. The van der Waals surface area contributed by atoms with Crippen molar-refractivity contribution in [3.63, 3.8) is 0 Å². The minimum absolute atomic E-state index is 0.710. The Kier molecular flexibility index (Phi) is 3.34. The fourth-order valence-electron chi connectivity index (χ4n) is 1.50. The molecule has 0 aromatic rings. The number of hydrogen-bond acceptors (Lipinski definition) is 2. The second-order valence-electron chi connectivity index (χ2n) is 3.47. The van der Waals surface area contributed by atoms with Gasteiger partial charge < -0.3 is 4.90 Å². The molecule has 0 aromatic carbocycles. The first-order valence-electron chi connectivity index (χ1n) is 4.49. The van der Waals surface area contributed by atoms with Crippen molar-refractivity contribution in [2.75, 3.05) is 32.7 Å². The SMILES string of the molecule is [CH2]CN1CCN(C(C)C)CC1. The first kappa shape index (κ1) is 9.01. The van der Waals surface area contributed by atoms with Crippen LogP contribution >= 0.6 is 0 Å². The summed E-state index contributed by atoms with van der Waals surface area (Å²) in [6.45, 7) is 14.2. The lowest BCUT2D eigenvalue weighted by Crippen LogP contribution is -2.48. The van der Waals surface area contributed by atoms with Gasteiger partial charge in [0.05, 0.1) is 0 Å². The normalized spacial score (nSPS) is 22.9. The Bertz CT molecular complexity index is 104. The van der Waals surface area contributed by atoms with Crippen molar-refractivity contribution in [2.45, 2.75) is 19.9 Å². The standard InChI is InChI=1S/C9H19N2/c1-4-10-5-7-11(8-6-10)9(2)3/h9H,1,4-8H2,2-3H3. The smallest absolute Gasteiger partial charge is 0.0113 e. The highest BCUT2D eigenvalue weighted by Gasteiger charge is 2.16. The van der Waals surface area contributed by atoms with Crippen LogP contribution in [0.5, 0.6) is 0 Å². The summed E-state index contributed by atoms with van der Waals surface area (Å²) in [5.74, 6) is 0. The number of nitrogens with zero attached hydrogens (tertiary/aromatic N) is 2. The molecule has 0 amide bonds. The molecule has 0 saturated carbocycles. The van der Waals surface area contributed by atoms with Gasteiger partial charge in [-0.05, 0) is 27.3 Å². The summed E-state index contributed by atoms with van der Waals surface area (Å²) >= 11 is 0. The van der Waals surface area contributed by atoms with Gasteiger partial charge in [0.25, 0.3) is 0 Å². The van der Waals surface area contributed by atoms with E-state index in [1.54, 1.807) is 0 Å². The summed E-state index contributed by atoms with van der Waals surface area (Å²) in [5.41, 5.74) is 0. The third-order valence-corrected chi connectivity index (χ3v) is 2.45. The highest BCUT2D eigenvalue weighted by Crippen LogP contribution is 2.04. The van der Waals surface area contributed by atoms with Crippen molar-refractivity contribution in [1.82, 2.24) is 9.80 Å². The molecule has 0 unspecified atom stereocenters. The van der Waals surface area contributed by atoms with Crippen LogP contribution in [0.25, 0.3) is 0 Å². The van der Waals surface area contributed by atoms with E-state index in [0.29, 0.717) is 6.04 Å².